The molecule has 0 aliphatic carbocycles. The smallest absolute Gasteiger partial charge is 0.257 e. The fraction of sp³-hybridized carbons (Fsp3) is 0.375. The Morgan fingerprint density at radius 3 is 2.42 bits per heavy atom. The van der Waals surface area contributed by atoms with E-state index in [1.54, 1.807) is 29.7 Å². The number of hydrogen-bond donors (Lipinski definition) is 0. The van der Waals surface area contributed by atoms with Crippen LogP contribution in [0.4, 0.5) is 13.2 Å². The van der Waals surface area contributed by atoms with Crippen molar-refractivity contribution in [3.05, 3.63) is 69.4 Å². The van der Waals surface area contributed by atoms with Crippen LogP contribution in [-0.2, 0) is 13.5 Å². The van der Waals surface area contributed by atoms with Gasteiger partial charge in [0, 0.05) is 36.6 Å². The summed E-state index contributed by atoms with van der Waals surface area (Å²) in [5, 5.41) is 5.00. The Labute approximate surface area is 195 Å². The molecule has 0 N–H and O–H groups in total. The summed E-state index contributed by atoms with van der Waals surface area (Å²) in [7, 11) is 1.67. The third-order valence-corrected chi connectivity index (χ3v) is 6.80. The standard InChI is InChI=1S/C24H24ClF3N4O/c1-5-14-9-15-22(30-31(4)23(15)13-7-17(26)21(28)18(27)8-13)19(6-2)32(14)24(33)16-11-29-10-12(3)20(16)25/h7-8,10-11,14,19H,5-6,9H2,1-4H3/t14-,19+/m0/s1. The van der Waals surface area contributed by atoms with Crippen molar-refractivity contribution < 1.29 is 18.0 Å². The summed E-state index contributed by atoms with van der Waals surface area (Å²) in [6, 6.07) is 1.41. The van der Waals surface area contributed by atoms with Gasteiger partial charge in [-0.25, -0.2) is 13.2 Å². The molecule has 9 heteroatoms. The lowest BCUT2D eigenvalue weighted by Gasteiger charge is -2.41. The first kappa shape index (κ1) is 23.3. The zero-order valence-corrected chi connectivity index (χ0v) is 19.6. The minimum Gasteiger partial charge on any atom is -0.327 e. The second kappa shape index (κ2) is 8.82. The summed E-state index contributed by atoms with van der Waals surface area (Å²) in [6.45, 7) is 5.72. The van der Waals surface area contributed by atoms with Crippen molar-refractivity contribution in [2.24, 2.45) is 7.05 Å². The van der Waals surface area contributed by atoms with Crippen molar-refractivity contribution in [3.63, 3.8) is 0 Å². The minimum absolute atomic E-state index is 0.190. The summed E-state index contributed by atoms with van der Waals surface area (Å²) < 4.78 is 43.1. The maximum absolute atomic E-state index is 14.0. The molecule has 3 heterocycles. The highest BCUT2D eigenvalue weighted by Crippen LogP contribution is 2.42. The molecule has 0 spiro atoms. The second-order valence-corrected chi connectivity index (χ2v) is 8.69. The molecule has 0 saturated heterocycles. The number of carbonyl (C=O) groups excluding carboxylic acids is 1. The number of benzene rings is 1. The largest absolute Gasteiger partial charge is 0.327 e. The quantitative estimate of drug-likeness (QED) is 0.448. The highest BCUT2D eigenvalue weighted by molar-refractivity contribution is 6.34. The van der Waals surface area contributed by atoms with Gasteiger partial charge in [-0.2, -0.15) is 5.10 Å². The maximum Gasteiger partial charge on any atom is 0.257 e. The normalized spacial score (nSPS) is 17.9. The predicted molar refractivity (Wildman–Crippen MR) is 119 cm³/mol. The molecule has 5 nitrogen and oxygen atoms in total. The predicted octanol–water partition coefficient (Wildman–Crippen LogP) is 5.79. The van der Waals surface area contributed by atoms with Crippen LogP contribution in [0.3, 0.4) is 0 Å². The average molecular weight is 477 g/mol. The van der Waals surface area contributed by atoms with Crippen molar-refractivity contribution in [1.82, 2.24) is 19.7 Å². The summed E-state index contributed by atoms with van der Waals surface area (Å²) in [6.07, 6.45) is 4.75. The first-order chi connectivity index (χ1) is 15.7. The Balaban J connectivity index is 1.85. The number of hydrogen-bond acceptors (Lipinski definition) is 3. The van der Waals surface area contributed by atoms with E-state index in [0.717, 1.165) is 17.7 Å². The fourth-order valence-corrected chi connectivity index (χ4v) is 4.89. The average Bonchev–Trinajstić information content (AvgIpc) is 3.12. The monoisotopic (exact) mass is 476 g/mol. The zero-order chi connectivity index (χ0) is 24.0. The van der Waals surface area contributed by atoms with Crippen molar-refractivity contribution in [3.8, 4) is 11.3 Å². The number of halogens is 4. The second-order valence-electron chi connectivity index (χ2n) is 8.31. The summed E-state index contributed by atoms with van der Waals surface area (Å²) in [5.74, 6) is -4.25. The van der Waals surface area contributed by atoms with Crippen LogP contribution in [0, 0.1) is 24.4 Å². The van der Waals surface area contributed by atoms with Crippen LogP contribution in [0.25, 0.3) is 11.3 Å². The van der Waals surface area contributed by atoms with Crippen LogP contribution in [-0.4, -0.2) is 31.6 Å². The van der Waals surface area contributed by atoms with Gasteiger partial charge in [0.25, 0.3) is 5.91 Å². The van der Waals surface area contributed by atoms with Gasteiger partial charge < -0.3 is 4.90 Å². The van der Waals surface area contributed by atoms with Crippen molar-refractivity contribution in [2.75, 3.05) is 0 Å². The molecule has 1 amide bonds. The molecule has 0 fully saturated rings. The van der Waals surface area contributed by atoms with Crippen LogP contribution in [0.2, 0.25) is 5.02 Å². The van der Waals surface area contributed by atoms with E-state index in [-0.39, 0.29) is 23.6 Å². The lowest BCUT2D eigenvalue weighted by atomic mass is 9.87. The van der Waals surface area contributed by atoms with E-state index in [1.165, 1.54) is 6.20 Å². The Morgan fingerprint density at radius 1 is 1.15 bits per heavy atom. The van der Waals surface area contributed by atoms with Gasteiger partial charge in [-0.1, -0.05) is 25.4 Å². The third-order valence-electron chi connectivity index (χ3n) is 6.30. The fourth-order valence-electron chi connectivity index (χ4n) is 4.71. The first-order valence-electron chi connectivity index (χ1n) is 10.8. The van der Waals surface area contributed by atoms with E-state index in [0.29, 0.717) is 46.8 Å². The van der Waals surface area contributed by atoms with Crippen LogP contribution in [0.1, 0.15) is 59.9 Å². The van der Waals surface area contributed by atoms with Gasteiger partial charge in [0.05, 0.1) is 28.0 Å². The molecule has 1 aliphatic heterocycles. The van der Waals surface area contributed by atoms with Crippen molar-refractivity contribution >= 4 is 17.5 Å². The van der Waals surface area contributed by atoms with Gasteiger partial charge in [0.1, 0.15) is 0 Å². The number of amides is 1. The number of rotatable bonds is 4. The molecule has 1 aromatic carbocycles. The number of aryl methyl sites for hydroxylation is 2. The highest BCUT2D eigenvalue weighted by Gasteiger charge is 2.40. The minimum atomic E-state index is -1.51. The molecule has 0 radical (unpaired) electrons. The molecule has 2 aromatic heterocycles. The molecule has 174 valence electrons. The van der Waals surface area contributed by atoms with Gasteiger partial charge in [0.15, 0.2) is 17.5 Å². The molecule has 33 heavy (non-hydrogen) atoms. The van der Waals surface area contributed by atoms with E-state index in [9.17, 15) is 18.0 Å². The Bertz CT molecular complexity index is 1220. The number of nitrogens with zero attached hydrogens (tertiary/aromatic N) is 4. The molecule has 2 atom stereocenters. The molecule has 0 saturated carbocycles. The zero-order valence-electron chi connectivity index (χ0n) is 18.8. The van der Waals surface area contributed by atoms with Crippen molar-refractivity contribution in [1.29, 1.82) is 0 Å². The Kier molecular flexibility index (Phi) is 6.22. The van der Waals surface area contributed by atoms with E-state index in [1.807, 2.05) is 13.8 Å². The van der Waals surface area contributed by atoms with Crippen LogP contribution < -0.4 is 0 Å². The Hall–Kier alpha value is -2.87. The van der Waals surface area contributed by atoms with Crippen molar-refractivity contribution in [2.45, 2.75) is 52.1 Å². The molecule has 4 rings (SSSR count). The number of pyridine rings is 1. The summed E-state index contributed by atoms with van der Waals surface area (Å²) in [4.78, 5) is 19.6. The van der Waals surface area contributed by atoms with Gasteiger partial charge in [-0.05, 0) is 43.9 Å². The Morgan fingerprint density at radius 2 is 1.82 bits per heavy atom. The van der Waals surface area contributed by atoms with Gasteiger partial charge in [-0.3, -0.25) is 14.5 Å². The first-order valence-corrected chi connectivity index (χ1v) is 11.2. The molecule has 3 aromatic rings. The molecular weight excluding hydrogens is 453 g/mol. The van der Waals surface area contributed by atoms with Crippen LogP contribution in [0.15, 0.2) is 24.5 Å². The van der Waals surface area contributed by atoms with E-state index < -0.39 is 17.5 Å². The van der Waals surface area contributed by atoms with E-state index in [4.69, 9.17) is 11.6 Å². The van der Waals surface area contributed by atoms with E-state index in [2.05, 4.69) is 10.1 Å². The highest BCUT2D eigenvalue weighted by atomic mass is 35.5. The van der Waals surface area contributed by atoms with Crippen LogP contribution in [0.5, 0.6) is 0 Å². The molecule has 1 aliphatic rings. The molecule has 0 bridgehead atoms. The number of fused-ring (bicyclic) bond motifs is 1. The number of carbonyl (C=O) groups is 1. The molecular formula is C24H24ClF3N4O. The SMILES string of the molecule is CC[C@H]1Cc2c(nn(C)c2-c2cc(F)c(F)c(F)c2)[C@@H](CC)N1C(=O)c1cncc(C)c1Cl. The lowest BCUT2D eigenvalue weighted by molar-refractivity contribution is 0.0512. The summed E-state index contributed by atoms with van der Waals surface area (Å²) >= 11 is 6.43. The maximum atomic E-state index is 14.0. The molecule has 0 unspecified atom stereocenters. The van der Waals surface area contributed by atoms with Gasteiger partial charge >= 0.3 is 0 Å². The summed E-state index contributed by atoms with van der Waals surface area (Å²) in [5.41, 5.74) is 3.23. The van der Waals surface area contributed by atoms with Gasteiger partial charge in [0.2, 0.25) is 0 Å². The number of aromatic nitrogens is 3. The lowest BCUT2D eigenvalue weighted by Crippen LogP contribution is -2.47. The van der Waals surface area contributed by atoms with Gasteiger partial charge in [-0.15, -0.1) is 0 Å². The third kappa shape index (κ3) is 3.80. The van der Waals surface area contributed by atoms with E-state index >= 15 is 0 Å². The topological polar surface area (TPSA) is 51.0 Å². The van der Waals surface area contributed by atoms with Crippen LogP contribution >= 0.6 is 11.6 Å².